The lowest BCUT2D eigenvalue weighted by Crippen LogP contribution is -2.31. The number of hydrogen-bond donors (Lipinski definition) is 2. The average Bonchev–Trinajstić information content (AvgIpc) is 3.03. The first kappa shape index (κ1) is 21.9. The number of aliphatic hydroxyl groups is 1. The maximum absolute atomic E-state index is 12.9. The Morgan fingerprint density at radius 2 is 1.48 bits per heavy atom. The van der Waals surface area contributed by atoms with E-state index < -0.39 is 23.7 Å². The highest BCUT2D eigenvalue weighted by Crippen LogP contribution is 2.40. The van der Waals surface area contributed by atoms with Gasteiger partial charge in [-0.1, -0.05) is 12.1 Å². The van der Waals surface area contributed by atoms with Crippen LogP contribution in [-0.4, -0.2) is 53.5 Å². The van der Waals surface area contributed by atoms with Crippen molar-refractivity contribution < 1.29 is 34.1 Å². The molecule has 2 aromatic carbocycles. The zero-order valence-corrected chi connectivity index (χ0v) is 17.2. The van der Waals surface area contributed by atoms with Gasteiger partial charge in [0.05, 0.1) is 25.8 Å². The number of carboxylic acids is 1. The molecule has 0 bridgehead atoms. The van der Waals surface area contributed by atoms with Crippen LogP contribution >= 0.6 is 0 Å². The largest absolute Gasteiger partial charge is 0.507 e. The Balaban J connectivity index is 2.07. The number of likely N-dealkylation sites (tertiary alicyclic amines) is 1. The molecule has 0 aromatic heterocycles. The van der Waals surface area contributed by atoms with Crippen molar-refractivity contribution in [3.63, 3.8) is 0 Å². The number of benzene rings is 2. The van der Waals surface area contributed by atoms with E-state index in [9.17, 15) is 19.5 Å². The molecular formula is C23H23NO7. The minimum absolute atomic E-state index is 0.0457. The van der Waals surface area contributed by atoms with Crippen molar-refractivity contribution in [1.29, 1.82) is 0 Å². The number of nitrogens with zero attached hydrogens (tertiary/aromatic N) is 1. The molecule has 2 N–H and O–H groups in total. The second-order valence-corrected chi connectivity index (χ2v) is 6.99. The number of ketones is 1. The van der Waals surface area contributed by atoms with Gasteiger partial charge >= 0.3 is 5.97 Å². The molecule has 8 nitrogen and oxygen atoms in total. The van der Waals surface area contributed by atoms with E-state index in [0.717, 1.165) is 0 Å². The third-order valence-corrected chi connectivity index (χ3v) is 5.12. The predicted molar refractivity (Wildman–Crippen MR) is 112 cm³/mol. The summed E-state index contributed by atoms with van der Waals surface area (Å²) in [6.45, 7) is 0.0625. The van der Waals surface area contributed by atoms with Gasteiger partial charge in [0.15, 0.2) is 0 Å². The standard InChI is InChI=1S/C23H23NO7/c1-30-16-9-5-14(6-10-16)20-19(21(27)15-7-11-17(31-2)12-8-15)22(28)23(29)24(20)13-3-4-18(25)26/h5-12,20,27H,3-4,13H2,1-2H3,(H,25,26). The number of aliphatic hydroxyl groups excluding tert-OH is 1. The van der Waals surface area contributed by atoms with E-state index in [4.69, 9.17) is 14.6 Å². The molecule has 0 aliphatic carbocycles. The van der Waals surface area contributed by atoms with Crippen LogP contribution in [0.4, 0.5) is 0 Å². The number of hydrogen-bond acceptors (Lipinski definition) is 6. The van der Waals surface area contributed by atoms with Crippen LogP contribution in [0.2, 0.25) is 0 Å². The molecule has 0 saturated carbocycles. The molecule has 1 aliphatic heterocycles. The number of ether oxygens (including phenoxy) is 2. The molecule has 1 unspecified atom stereocenters. The smallest absolute Gasteiger partial charge is 0.303 e. The molecule has 2 aromatic rings. The Hall–Kier alpha value is -3.81. The molecule has 162 valence electrons. The number of carbonyl (C=O) groups excluding carboxylic acids is 2. The Morgan fingerprint density at radius 1 is 0.935 bits per heavy atom. The summed E-state index contributed by atoms with van der Waals surface area (Å²) in [5, 5.41) is 19.9. The fourth-order valence-corrected chi connectivity index (χ4v) is 3.55. The van der Waals surface area contributed by atoms with Gasteiger partial charge in [0.25, 0.3) is 11.7 Å². The highest BCUT2D eigenvalue weighted by atomic mass is 16.5. The van der Waals surface area contributed by atoms with Gasteiger partial charge in [-0.3, -0.25) is 14.4 Å². The predicted octanol–water partition coefficient (Wildman–Crippen LogP) is 2.99. The van der Waals surface area contributed by atoms with Crippen LogP contribution < -0.4 is 9.47 Å². The third-order valence-electron chi connectivity index (χ3n) is 5.12. The van der Waals surface area contributed by atoms with Crippen molar-refractivity contribution in [3.05, 3.63) is 65.2 Å². The van der Waals surface area contributed by atoms with Crippen LogP contribution in [-0.2, 0) is 14.4 Å². The zero-order chi connectivity index (χ0) is 22.5. The monoisotopic (exact) mass is 425 g/mol. The maximum Gasteiger partial charge on any atom is 0.303 e. The fraction of sp³-hybridized carbons (Fsp3) is 0.261. The van der Waals surface area contributed by atoms with Crippen LogP contribution in [0.1, 0.15) is 30.0 Å². The molecule has 1 amide bonds. The lowest BCUT2D eigenvalue weighted by Gasteiger charge is -2.25. The van der Waals surface area contributed by atoms with Crippen molar-refractivity contribution in [1.82, 2.24) is 4.90 Å². The molecule has 1 heterocycles. The molecule has 1 aliphatic rings. The highest BCUT2D eigenvalue weighted by molar-refractivity contribution is 6.46. The van der Waals surface area contributed by atoms with Crippen molar-refractivity contribution in [2.45, 2.75) is 18.9 Å². The number of carbonyl (C=O) groups is 3. The van der Waals surface area contributed by atoms with Crippen molar-refractivity contribution in [2.24, 2.45) is 0 Å². The molecule has 0 spiro atoms. The van der Waals surface area contributed by atoms with E-state index in [1.54, 1.807) is 48.5 Å². The van der Waals surface area contributed by atoms with Crippen LogP contribution in [0.3, 0.4) is 0 Å². The van der Waals surface area contributed by atoms with E-state index in [-0.39, 0.29) is 30.7 Å². The highest BCUT2D eigenvalue weighted by Gasteiger charge is 2.45. The van der Waals surface area contributed by atoms with Crippen LogP contribution in [0.25, 0.3) is 5.76 Å². The summed E-state index contributed by atoms with van der Waals surface area (Å²) in [4.78, 5) is 37.9. The van der Waals surface area contributed by atoms with Crippen molar-refractivity contribution >= 4 is 23.4 Å². The molecule has 31 heavy (non-hydrogen) atoms. The van der Waals surface area contributed by atoms with Crippen LogP contribution in [0.15, 0.2) is 54.1 Å². The Morgan fingerprint density at radius 3 is 2.00 bits per heavy atom. The van der Waals surface area contributed by atoms with E-state index in [0.29, 0.717) is 22.6 Å². The topological polar surface area (TPSA) is 113 Å². The summed E-state index contributed by atoms with van der Waals surface area (Å²) >= 11 is 0. The van der Waals surface area contributed by atoms with Crippen molar-refractivity contribution in [3.8, 4) is 11.5 Å². The van der Waals surface area contributed by atoms with Gasteiger partial charge < -0.3 is 24.6 Å². The quantitative estimate of drug-likeness (QED) is 0.380. The summed E-state index contributed by atoms with van der Waals surface area (Å²) in [7, 11) is 3.04. The minimum Gasteiger partial charge on any atom is -0.507 e. The van der Waals surface area contributed by atoms with E-state index in [1.165, 1.54) is 19.1 Å². The second kappa shape index (κ2) is 9.34. The number of Topliss-reactive ketones (excluding diaryl/α,β-unsaturated/α-hetero) is 1. The van der Waals surface area contributed by atoms with Crippen LogP contribution in [0, 0.1) is 0 Å². The number of rotatable bonds is 8. The zero-order valence-electron chi connectivity index (χ0n) is 17.2. The molecule has 1 fully saturated rings. The Labute approximate surface area is 179 Å². The summed E-state index contributed by atoms with van der Waals surface area (Å²) in [6, 6.07) is 12.4. The third kappa shape index (κ3) is 4.53. The van der Waals surface area contributed by atoms with Gasteiger partial charge in [-0.2, -0.15) is 0 Å². The van der Waals surface area contributed by atoms with Gasteiger partial charge in [-0.15, -0.1) is 0 Å². The number of carboxylic acid groups (broad SMARTS) is 1. The number of methoxy groups -OCH3 is 2. The van der Waals surface area contributed by atoms with Gasteiger partial charge in [-0.25, -0.2) is 0 Å². The first-order valence-electron chi connectivity index (χ1n) is 9.66. The van der Waals surface area contributed by atoms with E-state index in [2.05, 4.69) is 0 Å². The Kier molecular flexibility index (Phi) is 6.59. The number of amides is 1. The van der Waals surface area contributed by atoms with Gasteiger partial charge in [0.2, 0.25) is 0 Å². The SMILES string of the molecule is COc1ccc(C(O)=C2C(=O)C(=O)N(CCCC(=O)O)C2c2ccc(OC)cc2)cc1. The van der Waals surface area contributed by atoms with Gasteiger partial charge in [0, 0.05) is 18.5 Å². The fourth-order valence-electron chi connectivity index (χ4n) is 3.55. The van der Waals surface area contributed by atoms with Crippen LogP contribution in [0.5, 0.6) is 11.5 Å². The minimum atomic E-state index is -0.990. The molecule has 1 saturated heterocycles. The van der Waals surface area contributed by atoms with E-state index >= 15 is 0 Å². The van der Waals surface area contributed by atoms with Gasteiger partial charge in [0.1, 0.15) is 17.3 Å². The number of aliphatic carboxylic acids is 1. The first-order chi connectivity index (χ1) is 14.9. The molecular weight excluding hydrogens is 402 g/mol. The van der Waals surface area contributed by atoms with Gasteiger partial charge in [-0.05, 0) is 48.4 Å². The van der Waals surface area contributed by atoms with Crippen molar-refractivity contribution in [2.75, 3.05) is 20.8 Å². The summed E-state index contributed by atoms with van der Waals surface area (Å²) in [6.07, 6.45) is 0.0361. The lowest BCUT2D eigenvalue weighted by atomic mass is 9.95. The normalized spacial score (nSPS) is 17.6. The second-order valence-electron chi connectivity index (χ2n) is 6.99. The first-order valence-corrected chi connectivity index (χ1v) is 9.66. The molecule has 3 rings (SSSR count). The molecule has 8 heteroatoms. The summed E-state index contributed by atoms with van der Waals surface area (Å²) in [5.74, 6) is -1.71. The molecule has 0 radical (unpaired) electrons. The lowest BCUT2D eigenvalue weighted by molar-refractivity contribution is -0.140. The molecule has 1 atom stereocenters. The summed E-state index contributed by atoms with van der Waals surface area (Å²) in [5.41, 5.74) is 0.920. The average molecular weight is 425 g/mol. The van der Waals surface area contributed by atoms with E-state index in [1.807, 2.05) is 0 Å². The maximum atomic E-state index is 12.9. The Bertz CT molecular complexity index is 1010. The summed E-state index contributed by atoms with van der Waals surface area (Å²) < 4.78 is 10.3.